The normalized spacial score (nSPS) is 20.8. The van der Waals surface area contributed by atoms with Gasteiger partial charge in [0.1, 0.15) is 4.90 Å². The number of nitrogens with one attached hydrogen (secondary N) is 1. The smallest absolute Gasteiger partial charge is 0.242 e. The van der Waals surface area contributed by atoms with Gasteiger partial charge in [-0.3, -0.25) is 4.98 Å². The van der Waals surface area contributed by atoms with Crippen molar-refractivity contribution in [1.82, 2.24) is 9.71 Å². The molecule has 3 N–H and O–H groups in total. The number of rotatable bonds is 3. The average Bonchev–Trinajstić information content (AvgIpc) is 2.75. The van der Waals surface area contributed by atoms with Crippen molar-refractivity contribution in [2.24, 2.45) is 11.1 Å². The lowest BCUT2D eigenvalue weighted by Gasteiger charge is -2.27. The van der Waals surface area contributed by atoms with E-state index in [0.717, 1.165) is 19.3 Å². The standard InChI is InChI=1S/C15H21N3O2S/c1-15(2)7-3-6-14(15)18-21(19,20)13-9-12(5-4-8-16)10-17-11-13/h9-11,14,18H,3,6-8,16H2,1-2H3. The number of pyridine rings is 1. The van der Waals surface area contributed by atoms with Gasteiger partial charge in [-0.2, -0.15) is 0 Å². The molecule has 0 aromatic carbocycles. The molecule has 1 aliphatic rings. The highest BCUT2D eigenvalue weighted by atomic mass is 32.2. The van der Waals surface area contributed by atoms with Crippen molar-refractivity contribution >= 4 is 10.0 Å². The minimum Gasteiger partial charge on any atom is -0.320 e. The van der Waals surface area contributed by atoms with E-state index in [0.29, 0.717) is 5.56 Å². The van der Waals surface area contributed by atoms with Crippen LogP contribution in [-0.2, 0) is 10.0 Å². The average molecular weight is 307 g/mol. The van der Waals surface area contributed by atoms with Crippen LogP contribution < -0.4 is 10.5 Å². The highest BCUT2D eigenvalue weighted by Gasteiger charge is 2.37. The molecular formula is C15H21N3O2S. The summed E-state index contributed by atoms with van der Waals surface area (Å²) in [6.45, 7) is 4.41. The molecule has 1 atom stereocenters. The quantitative estimate of drug-likeness (QED) is 0.823. The maximum Gasteiger partial charge on any atom is 0.242 e. The molecule has 114 valence electrons. The van der Waals surface area contributed by atoms with Crippen LogP contribution in [0.25, 0.3) is 0 Å². The molecule has 2 rings (SSSR count). The molecule has 1 heterocycles. The Labute approximate surface area is 126 Å². The first-order valence-corrected chi connectivity index (χ1v) is 8.50. The van der Waals surface area contributed by atoms with Gasteiger partial charge in [0, 0.05) is 24.0 Å². The summed E-state index contributed by atoms with van der Waals surface area (Å²) in [5, 5.41) is 0. The third kappa shape index (κ3) is 3.82. The fourth-order valence-electron chi connectivity index (χ4n) is 2.59. The van der Waals surface area contributed by atoms with Crippen LogP contribution in [0.5, 0.6) is 0 Å². The minimum atomic E-state index is -3.57. The number of hydrogen-bond donors (Lipinski definition) is 2. The molecule has 1 fully saturated rings. The summed E-state index contributed by atoms with van der Waals surface area (Å²) in [5.74, 6) is 5.49. The molecule has 1 aliphatic carbocycles. The minimum absolute atomic E-state index is 0.0164. The lowest BCUT2D eigenvalue weighted by molar-refractivity contribution is 0.313. The molecule has 21 heavy (non-hydrogen) atoms. The summed E-state index contributed by atoms with van der Waals surface area (Å²) in [5.41, 5.74) is 5.85. The van der Waals surface area contributed by atoms with E-state index in [1.165, 1.54) is 18.5 Å². The van der Waals surface area contributed by atoms with E-state index in [1.54, 1.807) is 0 Å². The van der Waals surface area contributed by atoms with Crippen LogP contribution in [0, 0.1) is 17.3 Å². The number of sulfonamides is 1. The van der Waals surface area contributed by atoms with Gasteiger partial charge in [-0.1, -0.05) is 32.1 Å². The van der Waals surface area contributed by atoms with Gasteiger partial charge in [0.15, 0.2) is 0 Å². The summed E-state index contributed by atoms with van der Waals surface area (Å²) in [6.07, 6.45) is 5.81. The van der Waals surface area contributed by atoms with Crippen molar-refractivity contribution in [2.45, 2.75) is 44.0 Å². The SMILES string of the molecule is CC1(C)CCCC1NS(=O)(=O)c1cncc(C#CCN)c1. The van der Waals surface area contributed by atoms with Crippen LogP contribution in [0.3, 0.4) is 0 Å². The summed E-state index contributed by atoms with van der Waals surface area (Å²) in [7, 11) is -3.57. The molecule has 1 aromatic heterocycles. The maximum atomic E-state index is 12.5. The Morgan fingerprint density at radius 1 is 1.48 bits per heavy atom. The second-order valence-electron chi connectivity index (χ2n) is 5.97. The highest BCUT2D eigenvalue weighted by molar-refractivity contribution is 7.89. The van der Waals surface area contributed by atoms with Gasteiger partial charge in [-0.25, -0.2) is 13.1 Å². The summed E-state index contributed by atoms with van der Waals surface area (Å²) < 4.78 is 27.8. The van der Waals surface area contributed by atoms with Gasteiger partial charge < -0.3 is 5.73 Å². The Morgan fingerprint density at radius 2 is 2.24 bits per heavy atom. The van der Waals surface area contributed by atoms with E-state index >= 15 is 0 Å². The van der Waals surface area contributed by atoms with Gasteiger partial charge in [0.2, 0.25) is 10.0 Å². The third-order valence-electron chi connectivity index (χ3n) is 3.91. The van der Waals surface area contributed by atoms with Crippen LogP contribution in [-0.4, -0.2) is 26.0 Å². The lowest BCUT2D eigenvalue weighted by Crippen LogP contribution is -2.41. The van der Waals surface area contributed by atoms with Gasteiger partial charge in [-0.05, 0) is 24.3 Å². The predicted molar refractivity (Wildman–Crippen MR) is 81.9 cm³/mol. The molecule has 1 saturated carbocycles. The Morgan fingerprint density at radius 3 is 2.86 bits per heavy atom. The summed E-state index contributed by atoms with van der Waals surface area (Å²) in [6, 6.07) is 1.49. The molecule has 6 heteroatoms. The first kappa shape index (κ1) is 16.0. The molecule has 0 aliphatic heterocycles. The van der Waals surface area contributed by atoms with Crippen molar-refractivity contribution < 1.29 is 8.42 Å². The number of hydrogen-bond acceptors (Lipinski definition) is 4. The zero-order valence-electron chi connectivity index (χ0n) is 12.4. The topological polar surface area (TPSA) is 85.1 Å². The first-order valence-electron chi connectivity index (χ1n) is 7.01. The fourth-order valence-corrected chi connectivity index (χ4v) is 4.02. The molecule has 0 saturated heterocycles. The van der Waals surface area contributed by atoms with Crippen LogP contribution >= 0.6 is 0 Å². The monoisotopic (exact) mass is 307 g/mol. The summed E-state index contributed by atoms with van der Waals surface area (Å²) in [4.78, 5) is 4.10. The van der Waals surface area contributed by atoms with Crippen LogP contribution in [0.2, 0.25) is 0 Å². The molecule has 1 aromatic rings. The van der Waals surface area contributed by atoms with Crippen LogP contribution in [0.15, 0.2) is 23.4 Å². The van der Waals surface area contributed by atoms with Crippen molar-refractivity contribution in [3.63, 3.8) is 0 Å². The molecule has 0 amide bonds. The largest absolute Gasteiger partial charge is 0.320 e. The molecule has 1 unspecified atom stereocenters. The van der Waals surface area contributed by atoms with Crippen molar-refractivity contribution in [1.29, 1.82) is 0 Å². The Balaban J connectivity index is 2.24. The van der Waals surface area contributed by atoms with Crippen LogP contribution in [0.4, 0.5) is 0 Å². The van der Waals surface area contributed by atoms with E-state index in [4.69, 9.17) is 5.73 Å². The van der Waals surface area contributed by atoms with E-state index in [9.17, 15) is 8.42 Å². The number of aromatic nitrogens is 1. The Kier molecular flexibility index (Phi) is 4.67. The van der Waals surface area contributed by atoms with E-state index < -0.39 is 10.0 Å². The lowest BCUT2D eigenvalue weighted by atomic mass is 9.88. The Hall–Kier alpha value is -1.42. The van der Waals surface area contributed by atoms with Crippen LogP contribution in [0.1, 0.15) is 38.7 Å². The van der Waals surface area contributed by atoms with Gasteiger partial charge in [0.05, 0.1) is 6.54 Å². The second kappa shape index (κ2) is 6.14. The first-order chi connectivity index (χ1) is 9.85. The zero-order valence-corrected chi connectivity index (χ0v) is 13.2. The van der Waals surface area contributed by atoms with Crippen molar-refractivity contribution in [2.75, 3.05) is 6.54 Å². The van der Waals surface area contributed by atoms with Gasteiger partial charge in [-0.15, -0.1) is 0 Å². The highest BCUT2D eigenvalue weighted by Crippen LogP contribution is 2.37. The number of nitrogens with two attached hydrogens (primary N) is 1. The molecule has 0 spiro atoms. The molecule has 5 nitrogen and oxygen atoms in total. The molecule has 0 radical (unpaired) electrons. The number of nitrogens with zero attached hydrogens (tertiary/aromatic N) is 1. The third-order valence-corrected chi connectivity index (χ3v) is 5.35. The fraction of sp³-hybridized carbons (Fsp3) is 0.533. The predicted octanol–water partition coefficient (Wildman–Crippen LogP) is 1.25. The van der Waals surface area contributed by atoms with E-state index in [2.05, 4.69) is 35.4 Å². The van der Waals surface area contributed by atoms with Crippen molar-refractivity contribution in [3.05, 3.63) is 24.0 Å². The van der Waals surface area contributed by atoms with Gasteiger partial charge >= 0.3 is 0 Å². The molecule has 0 bridgehead atoms. The second-order valence-corrected chi connectivity index (χ2v) is 7.68. The Bertz CT molecular complexity index is 672. The van der Waals surface area contributed by atoms with E-state index in [1.807, 2.05) is 0 Å². The molecular weight excluding hydrogens is 286 g/mol. The van der Waals surface area contributed by atoms with Crippen molar-refractivity contribution in [3.8, 4) is 11.8 Å². The summed E-state index contributed by atoms with van der Waals surface area (Å²) >= 11 is 0. The van der Waals surface area contributed by atoms with E-state index in [-0.39, 0.29) is 22.9 Å². The zero-order chi connectivity index (χ0) is 15.5. The van der Waals surface area contributed by atoms with Gasteiger partial charge in [0.25, 0.3) is 0 Å². The maximum absolute atomic E-state index is 12.5.